The van der Waals surface area contributed by atoms with E-state index in [2.05, 4.69) is 13.8 Å². The monoisotopic (exact) mass is 244 g/mol. The van der Waals surface area contributed by atoms with Crippen LogP contribution in [0.25, 0.3) is 0 Å². The second-order valence-electron chi connectivity index (χ2n) is 4.56. The summed E-state index contributed by atoms with van der Waals surface area (Å²) in [5.74, 6) is -0.633. The summed E-state index contributed by atoms with van der Waals surface area (Å²) in [7, 11) is 0. The molecule has 0 aliphatic heterocycles. The fourth-order valence-corrected chi connectivity index (χ4v) is 2.37. The largest absolute Gasteiger partial charge is 0.481 e. The van der Waals surface area contributed by atoms with Crippen molar-refractivity contribution in [1.82, 2.24) is 0 Å². The van der Waals surface area contributed by atoms with Gasteiger partial charge in [0.2, 0.25) is 0 Å². The molecule has 2 atom stereocenters. The molecule has 0 heterocycles. The van der Waals surface area contributed by atoms with Gasteiger partial charge < -0.3 is 10.2 Å². The molecule has 2 unspecified atom stereocenters. The van der Waals surface area contributed by atoms with Crippen molar-refractivity contribution in [3.63, 3.8) is 0 Å². The second-order valence-corrected chi connectivity index (χ2v) is 4.56. The summed E-state index contributed by atoms with van der Waals surface area (Å²) >= 11 is 0. The summed E-state index contributed by atoms with van der Waals surface area (Å²) in [5, 5.41) is 17.3. The molecule has 0 radical (unpaired) electrons. The summed E-state index contributed by atoms with van der Waals surface area (Å²) in [6.45, 7) is 4.17. The SMILES string of the molecule is CCC(CCCC(=O)O)C(CC)CCC(=O)O. The highest BCUT2D eigenvalue weighted by atomic mass is 16.4. The molecule has 0 aromatic rings. The highest BCUT2D eigenvalue weighted by Gasteiger charge is 2.19. The van der Waals surface area contributed by atoms with Crippen molar-refractivity contribution >= 4 is 11.9 Å². The summed E-state index contributed by atoms with van der Waals surface area (Å²) in [4.78, 5) is 21.0. The van der Waals surface area contributed by atoms with Crippen molar-refractivity contribution in [3.8, 4) is 0 Å². The van der Waals surface area contributed by atoms with E-state index >= 15 is 0 Å². The molecule has 0 saturated heterocycles. The molecule has 0 fully saturated rings. The van der Waals surface area contributed by atoms with Gasteiger partial charge in [0.1, 0.15) is 0 Å². The summed E-state index contributed by atoms with van der Waals surface area (Å²) in [6, 6.07) is 0. The van der Waals surface area contributed by atoms with E-state index in [1.54, 1.807) is 0 Å². The predicted octanol–water partition coefficient (Wildman–Crippen LogP) is 3.16. The van der Waals surface area contributed by atoms with Gasteiger partial charge in [-0.3, -0.25) is 9.59 Å². The van der Waals surface area contributed by atoms with Gasteiger partial charge in [-0.2, -0.15) is 0 Å². The fourth-order valence-electron chi connectivity index (χ4n) is 2.37. The number of carboxylic acids is 2. The number of aliphatic carboxylic acids is 2. The maximum Gasteiger partial charge on any atom is 0.303 e. The molecule has 0 spiro atoms. The average molecular weight is 244 g/mol. The van der Waals surface area contributed by atoms with Gasteiger partial charge in [-0.1, -0.05) is 26.7 Å². The number of carbonyl (C=O) groups is 2. The smallest absolute Gasteiger partial charge is 0.303 e. The zero-order valence-electron chi connectivity index (χ0n) is 10.8. The van der Waals surface area contributed by atoms with Crippen LogP contribution in [0.5, 0.6) is 0 Å². The van der Waals surface area contributed by atoms with E-state index < -0.39 is 11.9 Å². The normalized spacial score (nSPS) is 14.2. The van der Waals surface area contributed by atoms with E-state index in [0.717, 1.165) is 19.3 Å². The van der Waals surface area contributed by atoms with Crippen LogP contribution in [0.1, 0.15) is 58.8 Å². The molecule has 0 aliphatic carbocycles. The third kappa shape index (κ3) is 7.77. The predicted molar refractivity (Wildman–Crippen MR) is 65.9 cm³/mol. The van der Waals surface area contributed by atoms with Crippen LogP contribution in [0.4, 0.5) is 0 Å². The Kier molecular flexibility index (Phi) is 8.46. The van der Waals surface area contributed by atoms with Gasteiger partial charge >= 0.3 is 11.9 Å². The summed E-state index contributed by atoms with van der Waals surface area (Å²) in [5.41, 5.74) is 0. The molecule has 100 valence electrons. The van der Waals surface area contributed by atoms with Crippen LogP contribution in [0.15, 0.2) is 0 Å². The van der Waals surface area contributed by atoms with Crippen LogP contribution in [-0.4, -0.2) is 22.2 Å². The van der Waals surface area contributed by atoms with Gasteiger partial charge in [0, 0.05) is 12.8 Å². The molecule has 2 N–H and O–H groups in total. The Morgan fingerprint density at radius 2 is 1.35 bits per heavy atom. The van der Waals surface area contributed by atoms with E-state index in [1.165, 1.54) is 0 Å². The van der Waals surface area contributed by atoms with Crippen LogP contribution >= 0.6 is 0 Å². The van der Waals surface area contributed by atoms with Crippen molar-refractivity contribution in [1.29, 1.82) is 0 Å². The Morgan fingerprint density at radius 3 is 1.76 bits per heavy atom. The first-order valence-electron chi connectivity index (χ1n) is 6.44. The maximum absolute atomic E-state index is 10.6. The minimum atomic E-state index is -0.751. The maximum atomic E-state index is 10.6. The van der Waals surface area contributed by atoms with E-state index in [-0.39, 0.29) is 12.8 Å². The highest BCUT2D eigenvalue weighted by molar-refractivity contribution is 5.66. The molecule has 4 nitrogen and oxygen atoms in total. The van der Waals surface area contributed by atoms with Crippen LogP contribution in [-0.2, 0) is 9.59 Å². The first-order valence-corrected chi connectivity index (χ1v) is 6.44. The average Bonchev–Trinajstić information content (AvgIpc) is 2.26. The first kappa shape index (κ1) is 15.9. The minimum absolute atomic E-state index is 0.214. The molecule has 0 amide bonds. The fraction of sp³-hybridized carbons (Fsp3) is 0.846. The van der Waals surface area contributed by atoms with E-state index in [1.807, 2.05) is 0 Å². The van der Waals surface area contributed by atoms with Gasteiger partial charge in [0.25, 0.3) is 0 Å². The topological polar surface area (TPSA) is 74.6 Å². The van der Waals surface area contributed by atoms with Crippen molar-refractivity contribution < 1.29 is 19.8 Å². The number of hydrogen-bond acceptors (Lipinski definition) is 2. The lowest BCUT2D eigenvalue weighted by Gasteiger charge is -2.24. The van der Waals surface area contributed by atoms with E-state index in [4.69, 9.17) is 10.2 Å². The third-order valence-corrected chi connectivity index (χ3v) is 3.41. The molecule has 4 heteroatoms. The third-order valence-electron chi connectivity index (χ3n) is 3.41. The molecular formula is C13H24O4. The molecule has 17 heavy (non-hydrogen) atoms. The van der Waals surface area contributed by atoms with Crippen LogP contribution in [0, 0.1) is 11.8 Å². The van der Waals surface area contributed by atoms with Crippen molar-refractivity contribution in [2.24, 2.45) is 11.8 Å². The Bertz CT molecular complexity index is 238. The van der Waals surface area contributed by atoms with Crippen LogP contribution in [0.3, 0.4) is 0 Å². The zero-order valence-corrected chi connectivity index (χ0v) is 10.8. The molecule has 0 bridgehead atoms. The Balaban J connectivity index is 4.08. The molecule has 0 aromatic carbocycles. The molecule has 0 aromatic heterocycles. The quantitative estimate of drug-likeness (QED) is 0.619. The number of hydrogen-bond donors (Lipinski definition) is 2. The van der Waals surface area contributed by atoms with Crippen molar-refractivity contribution in [2.45, 2.75) is 58.8 Å². The van der Waals surface area contributed by atoms with E-state index in [0.29, 0.717) is 24.7 Å². The Labute approximate surface area is 103 Å². The molecule has 0 aliphatic rings. The van der Waals surface area contributed by atoms with Gasteiger partial charge in [0.05, 0.1) is 0 Å². The molecule has 0 saturated carbocycles. The van der Waals surface area contributed by atoms with Gasteiger partial charge in [-0.15, -0.1) is 0 Å². The number of rotatable bonds is 10. The van der Waals surface area contributed by atoms with Gasteiger partial charge in [-0.25, -0.2) is 0 Å². The Morgan fingerprint density at radius 1 is 0.882 bits per heavy atom. The lowest BCUT2D eigenvalue weighted by Crippen LogP contribution is -2.15. The molecule has 0 rings (SSSR count). The van der Waals surface area contributed by atoms with Crippen LogP contribution in [0.2, 0.25) is 0 Å². The van der Waals surface area contributed by atoms with Gasteiger partial charge in [0.15, 0.2) is 0 Å². The minimum Gasteiger partial charge on any atom is -0.481 e. The highest BCUT2D eigenvalue weighted by Crippen LogP contribution is 2.28. The van der Waals surface area contributed by atoms with Crippen molar-refractivity contribution in [2.75, 3.05) is 0 Å². The summed E-state index contributed by atoms with van der Waals surface area (Å²) in [6.07, 6.45) is 4.69. The summed E-state index contributed by atoms with van der Waals surface area (Å²) < 4.78 is 0. The van der Waals surface area contributed by atoms with Crippen molar-refractivity contribution in [3.05, 3.63) is 0 Å². The lowest BCUT2D eigenvalue weighted by molar-refractivity contribution is -0.138. The number of carboxylic acid groups (broad SMARTS) is 2. The first-order chi connectivity index (χ1) is 8.01. The van der Waals surface area contributed by atoms with Crippen LogP contribution < -0.4 is 0 Å². The zero-order chi connectivity index (χ0) is 13.3. The van der Waals surface area contributed by atoms with E-state index in [9.17, 15) is 9.59 Å². The lowest BCUT2D eigenvalue weighted by atomic mass is 9.81. The van der Waals surface area contributed by atoms with Gasteiger partial charge in [-0.05, 0) is 31.1 Å². The standard InChI is InChI=1S/C13H24O4/c1-3-10(6-5-7-12(14)15)11(4-2)8-9-13(16)17/h10-11H,3-9H2,1-2H3,(H,14,15)(H,16,17). The molecular weight excluding hydrogens is 220 g/mol. The second kappa shape index (κ2) is 9.02. The Hall–Kier alpha value is -1.06.